The molecule has 2 aromatic heterocycles. The number of carbonyl (C=O) groups excluding carboxylic acids is 1. The summed E-state index contributed by atoms with van der Waals surface area (Å²) in [5, 5.41) is 2.68. The molecule has 1 saturated heterocycles. The van der Waals surface area contributed by atoms with Gasteiger partial charge in [-0.05, 0) is 48.1 Å². The molecule has 35 heavy (non-hydrogen) atoms. The highest BCUT2D eigenvalue weighted by molar-refractivity contribution is 6.05. The van der Waals surface area contributed by atoms with Gasteiger partial charge in [-0.3, -0.25) is 4.79 Å². The molecule has 1 fully saturated rings. The molecule has 4 rings (SSSR count). The van der Waals surface area contributed by atoms with Crippen molar-refractivity contribution >= 4 is 17.4 Å². The van der Waals surface area contributed by atoms with Crippen LogP contribution in [0.4, 0.5) is 24.7 Å². The minimum absolute atomic E-state index is 0.172. The van der Waals surface area contributed by atoms with E-state index in [9.17, 15) is 18.0 Å². The van der Waals surface area contributed by atoms with Gasteiger partial charge in [0.25, 0.3) is 5.91 Å². The second kappa shape index (κ2) is 9.52. The predicted octanol–water partition coefficient (Wildman–Crippen LogP) is 5.56. The number of alkyl halides is 3. The van der Waals surface area contributed by atoms with Crippen LogP contribution in [0.2, 0.25) is 0 Å². The highest BCUT2D eigenvalue weighted by atomic mass is 19.4. The molecule has 1 unspecified atom stereocenters. The molecule has 1 aromatic carbocycles. The van der Waals surface area contributed by atoms with Crippen LogP contribution in [-0.2, 0) is 0 Å². The van der Waals surface area contributed by atoms with E-state index in [1.807, 2.05) is 0 Å². The van der Waals surface area contributed by atoms with E-state index in [4.69, 9.17) is 0 Å². The Hall–Kier alpha value is -3.69. The van der Waals surface area contributed by atoms with Crippen molar-refractivity contribution in [1.29, 1.82) is 0 Å². The standard InChI is InChI=1S/C25H26F3N5O2/c1-24(2,3)18-8-9-33(14-18)22-21(17-11-29-15-30-12-17)10-16(13-31-22)23(34)32-19-4-6-20(7-5-19)35-25(26,27)28/h4-7,10-13,15,18H,8-9,14H2,1-3H3,(H,32,34). The quantitative estimate of drug-likeness (QED) is 0.510. The zero-order valence-corrected chi connectivity index (χ0v) is 19.6. The number of aromatic nitrogens is 3. The Morgan fingerprint density at radius 1 is 1.09 bits per heavy atom. The first kappa shape index (κ1) is 24.4. The van der Waals surface area contributed by atoms with E-state index in [0.717, 1.165) is 48.6 Å². The van der Waals surface area contributed by atoms with Crippen LogP contribution in [0.3, 0.4) is 0 Å². The van der Waals surface area contributed by atoms with Crippen molar-refractivity contribution in [3.05, 3.63) is 60.8 Å². The van der Waals surface area contributed by atoms with Crippen LogP contribution in [0.5, 0.6) is 5.75 Å². The summed E-state index contributed by atoms with van der Waals surface area (Å²) < 4.78 is 41.0. The molecule has 0 bridgehead atoms. The normalized spacial score (nSPS) is 16.3. The fourth-order valence-electron chi connectivity index (χ4n) is 4.09. The van der Waals surface area contributed by atoms with Crippen molar-refractivity contribution in [3.8, 4) is 16.9 Å². The smallest absolute Gasteiger partial charge is 0.406 e. The lowest BCUT2D eigenvalue weighted by Gasteiger charge is -2.28. The Kier molecular flexibility index (Phi) is 6.64. The first-order valence-electron chi connectivity index (χ1n) is 11.2. The number of halogens is 3. The molecule has 1 amide bonds. The van der Waals surface area contributed by atoms with Crippen molar-refractivity contribution in [2.45, 2.75) is 33.6 Å². The summed E-state index contributed by atoms with van der Waals surface area (Å²) in [6, 6.07) is 6.68. The lowest BCUT2D eigenvalue weighted by molar-refractivity contribution is -0.274. The molecule has 7 nitrogen and oxygen atoms in total. The summed E-state index contributed by atoms with van der Waals surface area (Å²) in [6.45, 7) is 8.41. The number of anilines is 2. The van der Waals surface area contributed by atoms with E-state index in [-0.39, 0.29) is 11.2 Å². The molecule has 0 saturated carbocycles. The van der Waals surface area contributed by atoms with Crippen molar-refractivity contribution in [2.24, 2.45) is 11.3 Å². The average molecular weight is 486 g/mol. The van der Waals surface area contributed by atoms with E-state index < -0.39 is 12.3 Å². The van der Waals surface area contributed by atoms with Crippen molar-refractivity contribution in [3.63, 3.8) is 0 Å². The maximum atomic E-state index is 12.9. The van der Waals surface area contributed by atoms with E-state index in [1.54, 1.807) is 18.5 Å². The van der Waals surface area contributed by atoms with E-state index >= 15 is 0 Å². The highest BCUT2D eigenvalue weighted by Crippen LogP contribution is 2.38. The van der Waals surface area contributed by atoms with Crippen molar-refractivity contribution < 1.29 is 22.7 Å². The number of carbonyl (C=O) groups is 1. The molecule has 0 spiro atoms. The lowest BCUT2D eigenvalue weighted by atomic mass is 9.80. The maximum Gasteiger partial charge on any atom is 0.573 e. The summed E-state index contributed by atoms with van der Waals surface area (Å²) in [5.74, 6) is 0.459. The summed E-state index contributed by atoms with van der Waals surface area (Å²) in [5.41, 5.74) is 2.27. The van der Waals surface area contributed by atoms with E-state index in [1.165, 1.54) is 24.7 Å². The molecule has 1 aliphatic rings. The zero-order valence-electron chi connectivity index (χ0n) is 19.6. The Labute approximate surface area is 201 Å². The van der Waals surface area contributed by atoms with Crippen LogP contribution in [0, 0.1) is 11.3 Å². The minimum Gasteiger partial charge on any atom is -0.406 e. The monoisotopic (exact) mass is 485 g/mol. The number of ether oxygens (including phenoxy) is 1. The molecule has 3 heterocycles. The van der Waals surface area contributed by atoms with Crippen LogP contribution in [0.15, 0.2) is 55.2 Å². The number of benzene rings is 1. The fourth-order valence-corrected chi connectivity index (χ4v) is 4.09. The zero-order chi connectivity index (χ0) is 25.2. The maximum absolute atomic E-state index is 12.9. The Morgan fingerprint density at radius 3 is 2.37 bits per heavy atom. The summed E-state index contributed by atoms with van der Waals surface area (Å²) in [7, 11) is 0. The number of hydrogen-bond donors (Lipinski definition) is 1. The largest absolute Gasteiger partial charge is 0.573 e. The molecule has 1 N–H and O–H groups in total. The number of amides is 1. The molecule has 184 valence electrons. The summed E-state index contributed by atoms with van der Waals surface area (Å²) in [6.07, 6.45) is 2.55. The molecule has 1 aliphatic heterocycles. The van der Waals surface area contributed by atoms with Gasteiger partial charge in [-0.15, -0.1) is 13.2 Å². The highest BCUT2D eigenvalue weighted by Gasteiger charge is 2.33. The first-order valence-corrected chi connectivity index (χ1v) is 11.2. The van der Waals surface area contributed by atoms with Crippen molar-refractivity contribution in [1.82, 2.24) is 15.0 Å². The third-order valence-corrected chi connectivity index (χ3v) is 6.06. The lowest BCUT2D eigenvalue weighted by Crippen LogP contribution is -2.27. The van der Waals surface area contributed by atoms with Gasteiger partial charge < -0.3 is 15.0 Å². The Bertz CT molecular complexity index is 1180. The number of hydrogen-bond acceptors (Lipinski definition) is 6. The van der Waals surface area contributed by atoms with Gasteiger partial charge in [-0.1, -0.05) is 20.8 Å². The van der Waals surface area contributed by atoms with Gasteiger partial charge in [-0.2, -0.15) is 0 Å². The van der Waals surface area contributed by atoms with Gasteiger partial charge in [-0.25, -0.2) is 15.0 Å². The second-order valence-corrected chi connectivity index (χ2v) is 9.55. The third kappa shape index (κ3) is 6.06. The molecule has 0 aliphatic carbocycles. The van der Waals surface area contributed by atoms with Crippen LogP contribution in [0.1, 0.15) is 37.6 Å². The SMILES string of the molecule is CC(C)(C)C1CCN(c2ncc(C(=O)Nc3ccc(OC(F)(F)F)cc3)cc2-c2cncnc2)C1. The number of nitrogens with one attached hydrogen (secondary N) is 1. The van der Waals surface area contributed by atoms with Crippen molar-refractivity contribution in [2.75, 3.05) is 23.3 Å². The third-order valence-electron chi connectivity index (χ3n) is 6.06. The van der Waals surface area contributed by atoms with Gasteiger partial charge in [0, 0.05) is 48.5 Å². The molecule has 3 aromatic rings. The first-order chi connectivity index (χ1) is 16.5. The van der Waals surface area contributed by atoms with Gasteiger partial charge in [0.15, 0.2) is 0 Å². The van der Waals surface area contributed by atoms with Crippen LogP contribution in [0.25, 0.3) is 11.1 Å². The minimum atomic E-state index is -4.78. The van der Waals surface area contributed by atoms with Gasteiger partial charge in [0.1, 0.15) is 17.9 Å². The molecule has 1 atom stereocenters. The molecular formula is C25H26F3N5O2. The van der Waals surface area contributed by atoms with Gasteiger partial charge in [0.2, 0.25) is 0 Å². The molecule has 10 heteroatoms. The number of rotatable bonds is 5. The van der Waals surface area contributed by atoms with E-state index in [2.05, 4.69) is 50.7 Å². The molecule has 0 radical (unpaired) electrons. The number of pyridine rings is 1. The topological polar surface area (TPSA) is 80.2 Å². The van der Waals surface area contributed by atoms with Crippen LogP contribution >= 0.6 is 0 Å². The number of nitrogens with zero attached hydrogens (tertiary/aromatic N) is 4. The summed E-state index contributed by atoms with van der Waals surface area (Å²) >= 11 is 0. The van der Waals surface area contributed by atoms with Crippen LogP contribution < -0.4 is 15.0 Å². The predicted molar refractivity (Wildman–Crippen MR) is 126 cm³/mol. The van der Waals surface area contributed by atoms with Gasteiger partial charge >= 0.3 is 6.36 Å². The van der Waals surface area contributed by atoms with Crippen LogP contribution in [-0.4, -0.2) is 40.3 Å². The van der Waals surface area contributed by atoms with Gasteiger partial charge in [0.05, 0.1) is 5.56 Å². The Balaban J connectivity index is 1.58. The van der Waals surface area contributed by atoms with E-state index in [0.29, 0.717) is 17.2 Å². The fraction of sp³-hybridized carbons (Fsp3) is 0.360. The second-order valence-electron chi connectivity index (χ2n) is 9.55. The average Bonchev–Trinajstić information content (AvgIpc) is 3.30. The molecular weight excluding hydrogens is 459 g/mol. The summed E-state index contributed by atoms with van der Waals surface area (Å²) in [4.78, 5) is 28.0. The Morgan fingerprint density at radius 2 is 1.77 bits per heavy atom.